The molecule has 0 aliphatic carbocycles. The molecule has 6 nitrogen and oxygen atoms in total. The molecule has 1 aromatic rings. The number of nitrogens with one attached hydrogen (secondary N) is 1. The summed E-state index contributed by atoms with van der Waals surface area (Å²) in [6, 6.07) is 9.90. The van der Waals surface area contributed by atoms with Crippen LogP contribution < -0.4 is 4.72 Å². The molecule has 18 heavy (non-hydrogen) atoms. The summed E-state index contributed by atoms with van der Waals surface area (Å²) in [6.45, 7) is 0. The van der Waals surface area contributed by atoms with Gasteiger partial charge in [0.1, 0.15) is 11.8 Å². The van der Waals surface area contributed by atoms with Gasteiger partial charge < -0.3 is 0 Å². The second kappa shape index (κ2) is 5.80. The van der Waals surface area contributed by atoms with Gasteiger partial charge in [-0.25, -0.2) is 13.4 Å². The van der Waals surface area contributed by atoms with Gasteiger partial charge in [0.25, 0.3) is 0 Å². The van der Waals surface area contributed by atoms with E-state index in [-0.39, 0.29) is 12.1 Å². The molecule has 0 unspecified atom stereocenters. The molecule has 0 spiro atoms. The van der Waals surface area contributed by atoms with Gasteiger partial charge in [-0.15, -0.1) is 0 Å². The Balaban J connectivity index is 3.03. The first-order chi connectivity index (χ1) is 8.44. The maximum absolute atomic E-state index is 11.1. The zero-order chi connectivity index (χ0) is 13.6. The second-order valence-electron chi connectivity index (χ2n) is 3.43. The van der Waals surface area contributed by atoms with E-state index in [0.717, 1.165) is 6.26 Å². The molecule has 0 bridgehead atoms. The summed E-state index contributed by atoms with van der Waals surface area (Å²) in [5, 5.41) is 17.2. The fraction of sp³-hybridized carbons (Fsp3) is 0.182. The molecule has 92 valence electrons. The van der Waals surface area contributed by atoms with Crippen LogP contribution in [0.3, 0.4) is 0 Å². The van der Waals surface area contributed by atoms with Crippen molar-refractivity contribution in [2.24, 2.45) is 4.99 Å². The number of anilines is 1. The number of sulfonamides is 1. The van der Waals surface area contributed by atoms with Gasteiger partial charge in [0, 0.05) is 0 Å². The molecular weight excluding hydrogens is 252 g/mol. The van der Waals surface area contributed by atoms with E-state index >= 15 is 0 Å². The minimum atomic E-state index is -3.35. The molecule has 0 atom stereocenters. The monoisotopic (exact) mass is 262 g/mol. The molecule has 0 aromatic heterocycles. The molecule has 1 rings (SSSR count). The SMILES string of the molecule is CS(=O)(=O)Nc1cccc(N=C(C#N)CC#N)c1. The Hall–Kier alpha value is -2.38. The minimum Gasteiger partial charge on any atom is -0.284 e. The van der Waals surface area contributed by atoms with E-state index in [0.29, 0.717) is 11.4 Å². The molecule has 1 aromatic carbocycles. The smallest absolute Gasteiger partial charge is 0.229 e. The first-order valence-electron chi connectivity index (χ1n) is 4.87. The Morgan fingerprint density at radius 2 is 2.17 bits per heavy atom. The van der Waals surface area contributed by atoms with Crippen molar-refractivity contribution in [3.05, 3.63) is 24.3 Å². The number of hydrogen-bond acceptors (Lipinski definition) is 5. The van der Waals surface area contributed by atoms with Crippen LogP contribution in [0.2, 0.25) is 0 Å². The van der Waals surface area contributed by atoms with E-state index in [2.05, 4.69) is 9.71 Å². The molecule has 0 heterocycles. The molecule has 0 saturated carbocycles. The number of nitrogens with zero attached hydrogens (tertiary/aromatic N) is 3. The Labute approximate surface area is 105 Å². The fourth-order valence-corrected chi connectivity index (χ4v) is 1.74. The Kier molecular flexibility index (Phi) is 4.41. The first kappa shape index (κ1) is 13.7. The van der Waals surface area contributed by atoms with Crippen LogP contribution in [0, 0.1) is 22.7 Å². The summed E-state index contributed by atoms with van der Waals surface area (Å²) in [5.41, 5.74) is 0.845. The third-order valence-electron chi connectivity index (χ3n) is 1.79. The average Bonchev–Trinajstić information content (AvgIpc) is 2.26. The average molecular weight is 262 g/mol. The van der Waals surface area contributed by atoms with Crippen molar-refractivity contribution in [3.8, 4) is 12.1 Å². The van der Waals surface area contributed by atoms with Gasteiger partial charge in [-0.1, -0.05) is 6.07 Å². The number of benzene rings is 1. The second-order valence-corrected chi connectivity index (χ2v) is 5.18. The number of hydrogen-bond donors (Lipinski definition) is 1. The molecular formula is C11H10N4O2S. The predicted octanol–water partition coefficient (Wildman–Crippen LogP) is 1.57. The molecule has 0 amide bonds. The van der Waals surface area contributed by atoms with Crippen LogP contribution in [0.25, 0.3) is 0 Å². The lowest BCUT2D eigenvalue weighted by atomic mass is 10.2. The number of nitriles is 2. The molecule has 0 aliphatic heterocycles. The van der Waals surface area contributed by atoms with Gasteiger partial charge in [-0.3, -0.25) is 4.72 Å². The van der Waals surface area contributed by atoms with E-state index < -0.39 is 10.0 Å². The van der Waals surface area contributed by atoms with E-state index in [1.165, 1.54) is 6.07 Å². The molecule has 0 saturated heterocycles. The van der Waals surface area contributed by atoms with Gasteiger partial charge in [0.05, 0.1) is 30.1 Å². The Bertz CT molecular complexity index is 650. The first-order valence-corrected chi connectivity index (χ1v) is 6.76. The van der Waals surface area contributed by atoms with Crippen molar-refractivity contribution >= 4 is 27.1 Å². The highest BCUT2D eigenvalue weighted by Crippen LogP contribution is 2.19. The zero-order valence-corrected chi connectivity index (χ0v) is 10.4. The fourth-order valence-electron chi connectivity index (χ4n) is 1.19. The summed E-state index contributed by atoms with van der Waals surface area (Å²) in [4.78, 5) is 3.96. The minimum absolute atomic E-state index is 0.0778. The van der Waals surface area contributed by atoms with Gasteiger partial charge in [0.15, 0.2) is 0 Å². The van der Waals surface area contributed by atoms with Gasteiger partial charge in [-0.05, 0) is 18.2 Å². The zero-order valence-electron chi connectivity index (χ0n) is 9.58. The van der Waals surface area contributed by atoms with Crippen LogP contribution in [0.5, 0.6) is 0 Å². The van der Waals surface area contributed by atoms with Crippen molar-refractivity contribution in [1.82, 2.24) is 0 Å². The highest BCUT2D eigenvalue weighted by molar-refractivity contribution is 7.92. The molecule has 0 radical (unpaired) electrons. The summed E-state index contributed by atoms with van der Waals surface area (Å²) in [5.74, 6) is 0. The van der Waals surface area contributed by atoms with E-state index in [4.69, 9.17) is 10.5 Å². The van der Waals surface area contributed by atoms with Crippen molar-refractivity contribution in [2.75, 3.05) is 11.0 Å². The summed E-state index contributed by atoms with van der Waals surface area (Å²) in [6.07, 6.45) is 0.958. The van der Waals surface area contributed by atoms with Crippen LogP contribution in [0.1, 0.15) is 6.42 Å². The van der Waals surface area contributed by atoms with E-state index in [1.807, 2.05) is 12.1 Å². The van der Waals surface area contributed by atoms with Crippen molar-refractivity contribution < 1.29 is 8.42 Å². The Morgan fingerprint density at radius 1 is 1.44 bits per heavy atom. The lowest BCUT2D eigenvalue weighted by Gasteiger charge is -2.04. The van der Waals surface area contributed by atoms with Crippen molar-refractivity contribution in [1.29, 1.82) is 10.5 Å². The lowest BCUT2D eigenvalue weighted by molar-refractivity contribution is 0.607. The van der Waals surface area contributed by atoms with Crippen LogP contribution in [0.15, 0.2) is 29.3 Å². The summed E-state index contributed by atoms with van der Waals surface area (Å²) < 4.78 is 24.4. The highest BCUT2D eigenvalue weighted by atomic mass is 32.2. The molecule has 7 heteroatoms. The van der Waals surface area contributed by atoms with Gasteiger partial charge in [-0.2, -0.15) is 10.5 Å². The molecule has 1 N–H and O–H groups in total. The summed E-state index contributed by atoms with van der Waals surface area (Å²) in [7, 11) is -3.35. The largest absolute Gasteiger partial charge is 0.284 e. The van der Waals surface area contributed by atoms with Crippen LogP contribution in [-0.2, 0) is 10.0 Å². The van der Waals surface area contributed by atoms with E-state index in [9.17, 15) is 8.42 Å². The lowest BCUT2D eigenvalue weighted by Crippen LogP contribution is -2.09. The van der Waals surface area contributed by atoms with Crippen molar-refractivity contribution in [3.63, 3.8) is 0 Å². The van der Waals surface area contributed by atoms with Gasteiger partial charge in [0.2, 0.25) is 10.0 Å². The van der Waals surface area contributed by atoms with E-state index in [1.54, 1.807) is 18.2 Å². The summed E-state index contributed by atoms with van der Waals surface area (Å²) >= 11 is 0. The topological polar surface area (TPSA) is 106 Å². The highest BCUT2D eigenvalue weighted by Gasteiger charge is 2.03. The maximum atomic E-state index is 11.1. The third kappa shape index (κ3) is 4.64. The van der Waals surface area contributed by atoms with Crippen LogP contribution in [-0.4, -0.2) is 20.4 Å². The van der Waals surface area contributed by atoms with Crippen LogP contribution in [0.4, 0.5) is 11.4 Å². The Morgan fingerprint density at radius 3 is 2.72 bits per heavy atom. The number of rotatable bonds is 4. The normalized spacial score (nSPS) is 11.4. The molecule has 0 aliphatic rings. The number of aliphatic imine (C=N–C) groups is 1. The van der Waals surface area contributed by atoms with Gasteiger partial charge >= 0.3 is 0 Å². The third-order valence-corrected chi connectivity index (χ3v) is 2.40. The quantitative estimate of drug-likeness (QED) is 0.831. The van der Waals surface area contributed by atoms with Crippen LogP contribution >= 0.6 is 0 Å². The van der Waals surface area contributed by atoms with Crippen molar-refractivity contribution in [2.45, 2.75) is 6.42 Å². The predicted molar refractivity (Wildman–Crippen MR) is 67.8 cm³/mol. The molecule has 0 fully saturated rings. The standard InChI is InChI=1S/C11H10N4O2S/c1-18(16,17)15-10-4-2-3-9(7-10)14-11(8-13)5-6-12/h2-4,7,15H,5H2,1H3. The maximum Gasteiger partial charge on any atom is 0.229 e.